The molecule has 0 aliphatic rings. The van der Waals surface area contributed by atoms with Crippen LogP contribution in [-0.4, -0.2) is 24.0 Å². The molecule has 0 bridgehead atoms. The van der Waals surface area contributed by atoms with E-state index in [2.05, 4.69) is 30.5 Å². The zero-order chi connectivity index (χ0) is 16.1. The summed E-state index contributed by atoms with van der Waals surface area (Å²) in [5.41, 5.74) is 3.41. The Morgan fingerprint density at radius 2 is 2.05 bits per heavy atom. The third-order valence-electron chi connectivity index (χ3n) is 3.87. The second kappa shape index (κ2) is 7.31. The summed E-state index contributed by atoms with van der Waals surface area (Å²) in [5, 5.41) is 8.03. The lowest BCUT2D eigenvalue weighted by atomic mass is 10.1. The summed E-state index contributed by atoms with van der Waals surface area (Å²) in [6.45, 7) is 7.91. The molecule has 1 unspecified atom stereocenters. The van der Waals surface area contributed by atoms with Crippen LogP contribution in [-0.2, 0) is 13.1 Å². The van der Waals surface area contributed by atoms with E-state index in [-0.39, 0.29) is 6.04 Å². The Balaban J connectivity index is 2.07. The highest BCUT2D eigenvalue weighted by Crippen LogP contribution is 2.25. The molecule has 2 aromatic rings. The molecule has 0 amide bonds. The van der Waals surface area contributed by atoms with E-state index < -0.39 is 0 Å². The molecule has 0 spiro atoms. The van der Waals surface area contributed by atoms with Crippen LogP contribution < -0.4 is 14.8 Å². The third-order valence-corrected chi connectivity index (χ3v) is 3.87. The quantitative estimate of drug-likeness (QED) is 0.854. The van der Waals surface area contributed by atoms with E-state index in [0.717, 1.165) is 35.8 Å². The summed E-state index contributed by atoms with van der Waals surface area (Å²) in [7, 11) is 3.33. The molecule has 5 heteroatoms. The van der Waals surface area contributed by atoms with Crippen molar-refractivity contribution in [2.24, 2.45) is 0 Å². The summed E-state index contributed by atoms with van der Waals surface area (Å²) in [6.07, 6.45) is 2.11. The van der Waals surface area contributed by atoms with Crippen LogP contribution in [0.3, 0.4) is 0 Å². The Morgan fingerprint density at radius 3 is 2.64 bits per heavy atom. The minimum atomic E-state index is 0.229. The van der Waals surface area contributed by atoms with Crippen molar-refractivity contribution in [3.05, 3.63) is 41.2 Å². The van der Waals surface area contributed by atoms with Gasteiger partial charge in [0.05, 0.1) is 19.9 Å². The first-order chi connectivity index (χ1) is 10.6. The number of aryl methyl sites for hydroxylation is 2. The van der Waals surface area contributed by atoms with Gasteiger partial charge in [0.15, 0.2) is 0 Å². The second-order valence-electron chi connectivity index (χ2n) is 5.31. The summed E-state index contributed by atoms with van der Waals surface area (Å²) >= 11 is 0. The smallest absolute Gasteiger partial charge is 0.127 e. The molecule has 1 heterocycles. The number of nitrogens with one attached hydrogen (secondary N) is 1. The van der Waals surface area contributed by atoms with Crippen molar-refractivity contribution in [1.82, 2.24) is 15.1 Å². The van der Waals surface area contributed by atoms with Crippen LogP contribution in [0.5, 0.6) is 11.5 Å². The highest BCUT2D eigenvalue weighted by molar-refractivity contribution is 5.40. The third kappa shape index (κ3) is 3.60. The van der Waals surface area contributed by atoms with Gasteiger partial charge in [-0.25, -0.2) is 0 Å². The van der Waals surface area contributed by atoms with Gasteiger partial charge >= 0.3 is 0 Å². The van der Waals surface area contributed by atoms with Gasteiger partial charge in [-0.3, -0.25) is 4.68 Å². The molecule has 1 N–H and O–H groups in total. The first-order valence-corrected chi connectivity index (χ1v) is 7.57. The molecule has 1 aromatic carbocycles. The highest BCUT2D eigenvalue weighted by Gasteiger charge is 2.13. The monoisotopic (exact) mass is 303 g/mol. The second-order valence-corrected chi connectivity index (χ2v) is 5.31. The summed E-state index contributed by atoms with van der Waals surface area (Å²) in [6, 6.07) is 6.11. The van der Waals surface area contributed by atoms with Crippen molar-refractivity contribution < 1.29 is 9.47 Å². The molecule has 5 nitrogen and oxygen atoms in total. The van der Waals surface area contributed by atoms with Gasteiger partial charge in [0.25, 0.3) is 0 Å². The topological polar surface area (TPSA) is 48.3 Å². The Labute approximate surface area is 132 Å². The van der Waals surface area contributed by atoms with Gasteiger partial charge in [0.2, 0.25) is 0 Å². The molecule has 0 aliphatic heterocycles. The fraction of sp³-hybridized carbons (Fsp3) is 0.471. The van der Waals surface area contributed by atoms with Gasteiger partial charge in [-0.05, 0) is 26.8 Å². The lowest BCUT2D eigenvalue weighted by Crippen LogP contribution is -2.18. The zero-order valence-corrected chi connectivity index (χ0v) is 14.0. The number of nitrogens with zero attached hydrogens (tertiary/aromatic N) is 2. The van der Waals surface area contributed by atoms with E-state index in [1.54, 1.807) is 14.2 Å². The largest absolute Gasteiger partial charge is 0.497 e. The molecule has 1 atom stereocenters. The van der Waals surface area contributed by atoms with Crippen LogP contribution in [0.1, 0.15) is 36.7 Å². The Morgan fingerprint density at radius 1 is 1.27 bits per heavy atom. The van der Waals surface area contributed by atoms with Crippen LogP contribution in [0.2, 0.25) is 0 Å². The summed E-state index contributed by atoms with van der Waals surface area (Å²) in [5.74, 6) is 1.63. The van der Waals surface area contributed by atoms with Crippen LogP contribution >= 0.6 is 0 Å². The van der Waals surface area contributed by atoms with Crippen LogP contribution in [0.25, 0.3) is 0 Å². The zero-order valence-electron chi connectivity index (χ0n) is 14.0. The fourth-order valence-electron chi connectivity index (χ4n) is 2.49. The van der Waals surface area contributed by atoms with E-state index in [1.807, 2.05) is 29.8 Å². The maximum absolute atomic E-state index is 5.43. The molecule has 0 saturated heterocycles. The average molecular weight is 303 g/mol. The van der Waals surface area contributed by atoms with E-state index in [0.29, 0.717) is 0 Å². The highest BCUT2D eigenvalue weighted by atomic mass is 16.5. The fourth-order valence-corrected chi connectivity index (χ4v) is 2.49. The van der Waals surface area contributed by atoms with Crippen molar-refractivity contribution in [3.8, 4) is 11.5 Å². The van der Waals surface area contributed by atoms with Crippen molar-refractivity contribution in [2.45, 2.75) is 39.9 Å². The van der Waals surface area contributed by atoms with Crippen LogP contribution in [0.4, 0.5) is 0 Å². The normalized spacial score (nSPS) is 12.2. The minimum absolute atomic E-state index is 0.229. The number of benzene rings is 1. The number of methoxy groups -OCH3 is 2. The summed E-state index contributed by atoms with van der Waals surface area (Å²) in [4.78, 5) is 0. The lowest BCUT2D eigenvalue weighted by molar-refractivity contribution is 0.389. The molecule has 120 valence electrons. The maximum Gasteiger partial charge on any atom is 0.127 e. The van der Waals surface area contributed by atoms with E-state index in [9.17, 15) is 0 Å². The van der Waals surface area contributed by atoms with Gasteiger partial charge in [0, 0.05) is 42.5 Å². The number of ether oxygens (including phenoxy) is 2. The molecule has 0 aliphatic carbocycles. The molecule has 0 saturated carbocycles. The first kappa shape index (κ1) is 16.4. The molecule has 1 aromatic heterocycles. The van der Waals surface area contributed by atoms with Gasteiger partial charge in [0.1, 0.15) is 11.5 Å². The number of aromatic nitrogens is 2. The first-order valence-electron chi connectivity index (χ1n) is 7.57. The van der Waals surface area contributed by atoms with E-state index >= 15 is 0 Å². The van der Waals surface area contributed by atoms with Crippen molar-refractivity contribution in [1.29, 1.82) is 0 Å². The number of hydrogen-bond donors (Lipinski definition) is 1. The molecule has 2 rings (SSSR count). The van der Waals surface area contributed by atoms with Gasteiger partial charge in [-0.15, -0.1) is 0 Å². The molecule has 0 fully saturated rings. The van der Waals surface area contributed by atoms with Crippen LogP contribution in [0, 0.1) is 6.92 Å². The van der Waals surface area contributed by atoms with Gasteiger partial charge in [-0.1, -0.05) is 6.07 Å². The number of hydrogen-bond acceptors (Lipinski definition) is 4. The summed E-state index contributed by atoms with van der Waals surface area (Å²) < 4.78 is 12.6. The molecular weight excluding hydrogens is 278 g/mol. The van der Waals surface area contributed by atoms with Crippen LogP contribution in [0.15, 0.2) is 24.4 Å². The standard InChI is InChI=1S/C17H25N3O2/c1-6-20-11-16(13(3)19-20)12(2)18-10-14-7-8-15(21-4)9-17(14)22-5/h7-9,11-12,18H,6,10H2,1-5H3. The lowest BCUT2D eigenvalue weighted by Gasteiger charge is -2.15. The maximum atomic E-state index is 5.43. The van der Waals surface area contributed by atoms with Crippen molar-refractivity contribution in [2.75, 3.05) is 14.2 Å². The Kier molecular flexibility index (Phi) is 5.44. The Hall–Kier alpha value is -2.01. The van der Waals surface area contributed by atoms with Crippen molar-refractivity contribution >= 4 is 0 Å². The SMILES string of the molecule is CCn1cc(C(C)NCc2ccc(OC)cc2OC)c(C)n1. The van der Waals surface area contributed by atoms with Gasteiger partial charge < -0.3 is 14.8 Å². The van der Waals surface area contributed by atoms with E-state index in [4.69, 9.17) is 9.47 Å². The predicted octanol–water partition coefficient (Wildman–Crippen LogP) is 3.08. The number of rotatable bonds is 7. The molecule has 0 radical (unpaired) electrons. The molecule has 22 heavy (non-hydrogen) atoms. The molecular formula is C17H25N3O2. The van der Waals surface area contributed by atoms with E-state index in [1.165, 1.54) is 5.56 Å². The van der Waals surface area contributed by atoms with Gasteiger partial charge in [-0.2, -0.15) is 5.10 Å². The minimum Gasteiger partial charge on any atom is -0.497 e. The average Bonchev–Trinajstić information content (AvgIpc) is 2.93. The Bertz CT molecular complexity index is 622. The van der Waals surface area contributed by atoms with Crippen molar-refractivity contribution in [3.63, 3.8) is 0 Å². The predicted molar refractivity (Wildman–Crippen MR) is 87.4 cm³/mol.